The zero-order valence-electron chi connectivity index (χ0n) is 15.3. The van der Waals surface area contributed by atoms with Crippen molar-refractivity contribution in [3.63, 3.8) is 0 Å². The number of hydrogen-bond donors (Lipinski definition) is 2. The van der Waals surface area contributed by atoms with Crippen LogP contribution in [0.5, 0.6) is 0 Å². The molecule has 25 heavy (non-hydrogen) atoms. The molecule has 0 saturated carbocycles. The normalized spacial score (nSPS) is 16.6. The minimum absolute atomic E-state index is 0.187. The van der Waals surface area contributed by atoms with Crippen LogP contribution in [0, 0.1) is 11.7 Å². The monoisotopic (exact) mass is 351 g/mol. The molecule has 0 radical (unpaired) electrons. The lowest BCUT2D eigenvalue weighted by molar-refractivity contribution is 0.00237. The van der Waals surface area contributed by atoms with E-state index in [1.807, 2.05) is 0 Å². The van der Waals surface area contributed by atoms with Gasteiger partial charge in [-0.05, 0) is 23.6 Å². The van der Waals surface area contributed by atoms with Crippen molar-refractivity contribution in [2.24, 2.45) is 5.92 Å². The number of morpholine rings is 1. The minimum atomic E-state index is -0.272. The van der Waals surface area contributed by atoms with Crippen molar-refractivity contribution < 1.29 is 13.9 Å². The molecule has 140 valence electrons. The summed E-state index contributed by atoms with van der Waals surface area (Å²) in [5.74, 6) is 0.280. The Morgan fingerprint density at radius 3 is 2.40 bits per heavy atom. The average Bonchev–Trinajstić information content (AvgIpc) is 2.65. The fraction of sp³-hybridized carbons (Fsp3) is 0.632. The molecule has 1 saturated heterocycles. The lowest BCUT2D eigenvalue weighted by Crippen LogP contribution is -2.53. The molecule has 1 unspecified atom stereocenters. The Morgan fingerprint density at radius 2 is 1.80 bits per heavy atom. The number of benzene rings is 1. The molecule has 1 aromatic carbocycles. The van der Waals surface area contributed by atoms with Crippen LogP contribution < -0.4 is 10.6 Å². The number of urea groups is 1. The molecule has 1 aliphatic rings. The third kappa shape index (κ3) is 6.29. The average molecular weight is 351 g/mol. The van der Waals surface area contributed by atoms with Crippen LogP contribution in [0.4, 0.5) is 9.18 Å². The molecule has 1 heterocycles. The number of carbonyl (C=O) groups excluding carboxylic acids is 1. The van der Waals surface area contributed by atoms with E-state index in [9.17, 15) is 9.18 Å². The third-order valence-electron chi connectivity index (χ3n) is 4.95. The summed E-state index contributed by atoms with van der Waals surface area (Å²) < 4.78 is 18.4. The second kappa shape index (κ2) is 10.4. The molecular weight excluding hydrogens is 321 g/mol. The van der Waals surface area contributed by atoms with Gasteiger partial charge in [0.15, 0.2) is 0 Å². The van der Waals surface area contributed by atoms with Crippen LogP contribution in [0.1, 0.15) is 32.3 Å². The lowest BCUT2D eigenvalue weighted by Gasteiger charge is -2.38. The van der Waals surface area contributed by atoms with Gasteiger partial charge in [0, 0.05) is 32.2 Å². The first-order valence-electron chi connectivity index (χ1n) is 9.22. The first-order chi connectivity index (χ1) is 12.1. The quantitative estimate of drug-likeness (QED) is 0.757. The van der Waals surface area contributed by atoms with E-state index >= 15 is 0 Å². The highest BCUT2D eigenvalue weighted by Crippen LogP contribution is 2.19. The van der Waals surface area contributed by atoms with Crippen LogP contribution in [-0.4, -0.2) is 49.8 Å². The van der Waals surface area contributed by atoms with Crippen molar-refractivity contribution >= 4 is 6.03 Å². The van der Waals surface area contributed by atoms with E-state index < -0.39 is 0 Å². The van der Waals surface area contributed by atoms with Crippen LogP contribution in [0.15, 0.2) is 24.3 Å². The zero-order chi connectivity index (χ0) is 18.1. The van der Waals surface area contributed by atoms with Gasteiger partial charge in [-0.2, -0.15) is 0 Å². The van der Waals surface area contributed by atoms with E-state index in [2.05, 4.69) is 29.4 Å². The van der Waals surface area contributed by atoms with Gasteiger partial charge >= 0.3 is 6.03 Å². The Balaban J connectivity index is 1.83. The van der Waals surface area contributed by atoms with Crippen LogP contribution >= 0.6 is 0 Å². The Kier molecular flexibility index (Phi) is 8.15. The second-order valence-electron chi connectivity index (χ2n) is 6.48. The molecule has 1 fully saturated rings. The van der Waals surface area contributed by atoms with Crippen LogP contribution in [-0.2, 0) is 11.3 Å². The molecule has 2 amide bonds. The number of halogens is 1. The molecule has 5 nitrogen and oxygen atoms in total. The van der Waals surface area contributed by atoms with Crippen molar-refractivity contribution in [3.8, 4) is 0 Å². The predicted octanol–water partition coefficient (Wildman–Crippen LogP) is 2.76. The van der Waals surface area contributed by atoms with E-state index in [-0.39, 0.29) is 11.8 Å². The molecule has 2 rings (SSSR count). The summed E-state index contributed by atoms with van der Waals surface area (Å²) in [4.78, 5) is 14.6. The molecule has 1 aromatic rings. The van der Waals surface area contributed by atoms with Crippen LogP contribution in [0.2, 0.25) is 0 Å². The number of hydrogen-bond acceptors (Lipinski definition) is 3. The van der Waals surface area contributed by atoms with Crippen LogP contribution in [0.3, 0.4) is 0 Å². The van der Waals surface area contributed by atoms with Gasteiger partial charge in [0.05, 0.1) is 13.2 Å². The number of rotatable bonds is 8. The van der Waals surface area contributed by atoms with E-state index in [0.717, 1.165) is 44.7 Å². The van der Waals surface area contributed by atoms with Gasteiger partial charge in [-0.25, -0.2) is 9.18 Å². The summed E-state index contributed by atoms with van der Waals surface area (Å²) in [6.07, 6.45) is 2.19. The molecule has 0 spiro atoms. The van der Waals surface area contributed by atoms with Gasteiger partial charge in [-0.15, -0.1) is 0 Å². The fourth-order valence-electron chi connectivity index (χ4n) is 3.38. The van der Waals surface area contributed by atoms with Gasteiger partial charge in [0.25, 0.3) is 0 Å². The summed E-state index contributed by atoms with van der Waals surface area (Å²) in [5, 5.41) is 5.84. The third-order valence-corrected chi connectivity index (χ3v) is 4.95. The zero-order valence-corrected chi connectivity index (χ0v) is 15.3. The van der Waals surface area contributed by atoms with E-state index in [1.54, 1.807) is 12.1 Å². The number of carbonyl (C=O) groups is 1. The maximum atomic E-state index is 12.9. The Hall–Kier alpha value is -1.66. The molecule has 2 N–H and O–H groups in total. The SMILES string of the molecule is CCC(CC)C(CNC(=O)NCc1ccc(F)cc1)N1CCOCC1. The summed E-state index contributed by atoms with van der Waals surface area (Å²) >= 11 is 0. The van der Waals surface area contributed by atoms with Crippen molar-refractivity contribution in [1.29, 1.82) is 0 Å². The first kappa shape index (κ1) is 19.7. The maximum Gasteiger partial charge on any atom is 0.315 e. The summed E-state index contributed by atoms with van der Waals surface area (Å²) in [6, 6.07) is 6.30. The van der Waals surface area contributed by atoms with Crippen molar-refractivity contribution in [1.82, 2.24) is 15.5 Å². The topological polar surface area (TPSA) is 53.6 Å². The molecule has 1 aliphatic heterocycles. The number of nitrogens with zero attached hydrogens (tertiary/aromatic N) is 1. The molecule has 0 aromatic heterocycles. The summed E-state index contributed by atoms with van der Waals surface area (Å²) in [5.41, 5.74) is 0.876. The van der Waals surface area contributed by atoms with E-state index in [0.29, 0.717) is 25.0 Å². The summed E-state index contributed by atoms with van der Waals surface area (Å²) in [6.45, 7) is 8.77. The predicted molar refractivity (Wildman–Crippen MR) is 96.9 cm³/mol. The number of amides is 2. The standard InChI is InChI=1S/C19H30FN3O2/c1-3-16(4-2)18(23-9-11-25-12-10-23)14-22-19(24)21-13-15-5-7-17(20)8-6-15/h5-8,16,18H,3-4,9-14H2,1-2H3,(H2,21,22,24). The highest BCUT2D eigenvalue weighted by Gasteiger charge is 2.27. The largest absolute Gasteiger partial charge is 0.379 e. The molecule has 6 heteroatoms. The number of ether oxygens (including phenoxy) is 1. The number of nitrogens with one attached hydrogen (secondary N) is 2. The second-order valence-corrected chi connectivity index (χ2v) is 6.48. The Labute approximate surface area is 149 Å². The van der Waals surface area contributed by atoms with Crippen molar-refractivity contribution in [3.05, 3.63) is 35.6 Å². The molecule has 1 atom stereocenters. The minimum Gasteiger partial charge on any atom is -0.379 e. The molecule has 0 aliphatic carbocycles. The van der Waals surface area contributed by atoms with Crippen LogP contribution in [0.25, 0.3) is 0 Å². The Morgan fingerprint density at radius 1 is 1.16 bits per heavy atom. The lowest BCUT2D eigenvalue weighted by atomic mass is 9.92. The van der Waals surface area contributed by atoms with Crippen molar-refractivity contribution in [2.45, 2.75) is 39.3 Å². The maximum absolute atomic E-state index is 12.9. The van der Waals surface area contributed by atoms with Gasteiger partial charge in [0.2, 0.25) is 0 Å². The highest BCUT2D eigenvalue weighted by molar-refractivity contribution is 5.73. The smallest absolute Gasteiger partial charge is 0.315 e. The molecule has 0 bridgehead atoms. The Bertz CT molecular complexity index is 514. The molecular formula is C19H30FN3O2. The van der Waals surface area contributed by atoms with E-state index in [1.165, 1.54) is 12.1 Å². The van der Waals surface area contributed by atoms with Crippen molar-refractivity contribution in [2.75, 3.05) is 32.8 Å². The van der Waals surface area contributed by atoms with Gasteiger partial charge in [-0.3, -0.25) is 4.90 Å². The fourth-order valence-corrected chi connectivity index (χ4v) is 3.38. The van der Waals surface area contributed by atoms with Gasteiger partial charge in [-0.1, -0.05) is 38.8 Å². The van der Waals surface area contributed by atoms with Gasteiger partial charge < -0.3 is 15.4 Å². The summed E-state index contributed by atoms with van der Waals surface area (Å²) in [7, 11) is 0. The van der Waals surface area contributed by atoms with E-state index in [4.69, 9.17) is 4.74 Å². The first-order valence-corrected chi connectivity index (χ1v) is 9.22. The highest BCUT2D eigenvalue weighted by atomic mass is 19.1. The van der Waals surface area contributed by atoms with Gasteiger partial charge in [0.1, 0.15) is 5.82 Å².